The van der Waals surface area contributed by atoms with Gasteiger partial charge in [0, 0.05) is 30.6 Å². The summed E-state index contributed by atoms with van der Waals surface area (Å²) in [7, 11) is 4.11. The third-order valence-corrected chi connectivity index (χ3v) is 8.47. The fourth-order valence-electron chi connectivity index (χ4n) is 7.12. The summed E-state index contributed by atoms with van der Waals surface area (Å²) in [5.74, 6) is 3.00. The van der Waals surface area contributed by atoms with Crippen molar-refractivity contribution in [1.82, 2.24) is 5.32 Å². The second-order valence-electron chi connectivity index (χ2n) is 9.15. The quantitative estimate of drug-likeness (QED) is 0.798. The molecule has 24 heavy (non-hydrogen) atoms. The van der Waals surface area contributed by atoms with Gasteiger partial charge in [0.05, 0.1) is 0 Å². The minimum Gasteiger partial charge on any atom is -0.317 e. The molecule has 0 aliphatic heterocycles. The molecule has 132 valence electrons. The normalized spacial score (nSPS) is 52.1. The zero-order chi connectivity index (χ0) is 17.1. The Labute approximate surface area is 146 Å². The zero-order valence-electron chi connectivity index (χ0n) is 15.6. The first-order valence-corrected chi connectivity index (χ1v) is 9.79. The Bertz CT molecular complexity index is 609. The van der Waals surface area contributed by atoms with Crippen molar-refractivity contribution in [3.8, 4) is 0 Å². The number of carbonyl (C=O) groups is 1. The van der Waals surface area contributed by atoms with Crippen molar-refractivity contribution < 1.29 is 4.79 Å². The molecule has 3 heteroatoms. The van der Waals surface area contributed by atoms with Gasteiger partial charge in [-0.2, -0.15) is 0 Å². The van der Waals surface area contributed by atoms with Gasteiger partial charge in [-0.3, -0.25) is 9.79 Å². The Balaban J connectivity index is 1.75. The molecule has 2 unspecified atom stereocenters. The molecular weight excluding hydrogens is 296 g/mol. The number of rotatable bonds is 1. The SMILES string of the molecule is CN=C1CC[C@H]2[C@@H]3C(NC)CC4CC(=O)C=C[C@]4(C)[C@@H]3CC[C@]12C. The molecule has 0 aromatic heterocycles. The first kappa shape index (κ1) is 16.5. The Kier molecular flexibility index (Phi) is 3.80. The Hall–Kier alpha value is -0.960. The van der Waals surface area contributed by atoms with Crippen LogP contribution in [0.2, 0.25) is 0 Å². The largest absolute Gasteiger partial charge is 0.317 e. The standard InChI is InChI=1S/C21H32N2O/c1-20-9-7-14(24)11-13(20)12-17(22-3)19-15-5-6-18(23-4)21(15,2)10-8-16(19)20/h7,9,13,15-17,19,22H,5-6,8,10-12H2,1-4H3/t13?,15-,16+,17?,19-,20-,21-/m0/s1. The molecule has 0 amide bonds. The summed E-state index contributed by atoms with van der Waals surface area (Å²) in [6.45, 7) is 4.92. The monoisotopic (exact) mass is 328 g/mol. The summed E-state index contributed by atoms with van der Waals surface area (Å²) in [5.41, 5.74) is 1.98. The maximum absolute atomic E-state index is 12.0. The summed E-state index contributed by atoms with van der Waals surface area (Å²) in [4.78, 5) is 16.7. The second-order valence-corrected chi connectivity index (χ2v) is 9.15. The van der Waals surface area contributed by atoms with E-state index in [2.05, 4.69) is 37.3 Å². The highest BCUT2D eigenvalue weighted by molar-refractivity contribution is 5.92. The Morgan fingerprint density at radius 3 is 2.75 bits per heavy atom. The van der Waals surface area contributed by atoms with Gasteiger partial charge in [-0.25, -0.2) is 0 Å². The predicted octanol–water partition coefficient (Wildman–Crippen LogP) is 3.64. The van der Waals surface area contributed by atoms with E-state index in [9.17, 15) is 4.79 Å². The van der Waals surface area contributed by atoms with Crippen LogP contribution in [0.1, 0.15) is 52.4 Å². The molecule has 4 aliphatic carbocycles. The number of nitrogens with zero attached hydrogens (tertiary/aromatic N) is 1. The lowest BCUT2D eigenvalue weighted by Crippen LogP contribution is -2.60. The van der Waals surface area contributed by atoms with Crippen LogP contribution in [0, 0.1) is 34.5 Å². The third kappa shape index (κ3) is 2.06. The number of ketones is 1. The molecule has 0 bridgehead atoms. The highest BCUT2D eigenvalue weighted by atomic mass is 16.1. The van der Waals surface area contributed by atoms with Crippen LogP contribution in [-0.4, -0.2) is 31.6 Å². The molecule has 0 radical (unpaired) electrons. The second kappa shape index (κ2) is 5.52. The molecule has 7 atom stereocenters. The maximum atomic E-state index is 12.0. The van der Waals surface area contributed by atoms with Crippen molar-refractivity contribution in [2.24, 2.45) is 39.5 Å². The highest BCUT2D eigenvalue weighted by Gasteiger charge is 2.61. The number of fused-ring (bicyclic) bond motifs is 5. The lowest BCUT2D eigenvalue weighted by Gasteiger charge is -2.60. The van der Waals surface area contributed by atoms with Gasteiger partial charge >= 0.3 is 0 Å². The number of aliphatic imine (C=N–C) groups is 1. The van der Waals surface area contributed by atoms with Crippen molar-refractivity contribution in [3.05, 3.63) is 12.2 Å². The van der Waals surface area contributed by atoms with Crippen LogP contribution in [0.5, 0.6) is 0 Å². The number of hydrogen-bond acceptors (Lipinski definition) is 3. The molecular formula is C21H32N2O. The lowest BCUT2D eigenvalue weighted by molar-refractivity contribution is -0.122. The minimum absolute atomic E-state index is 0.208. The van der Waals surface area contributed by atoms with Crippen LogP contribution < -0.4 is 5.32 Å². The molecule has 4 rings (SSSR count). The van der Waals surface area contributed by atoms with Crippen molar-refractivity contribution in [1.29, 1.82) is 0 Å². The van der Waals surface area contributed by atoms with Crippen LogP contribution in [0.25, 0.3) is 0 Å². The van der Waals surface area contributed by atoms with E-state index in [0.29, 0.717) is 35.0 Å². The number of hydrogen-bond donors (Lipinski definition) is 1. The molecule has 3 fully saturated rings. The van der Waals surface area contributed by atoms with Crippen LogP contribution in [0.3, 0.4) is 0 Å². The molecule has 0 saturated heterocycles. The molecule has 0 aromatic carbocycles. The van der Waals surface area contributed by atoms with Crippen LogP contribution >= 0.6 is 0 Å². The molecule has 3 nitrogen and oxygen atoms in total. The fraction of sp³-hybridized carbons (Fsp3) is 0.810. The van der Waals surface area contributed by atoms with Gasteiger partial charge in [0.1, 0.15) is 0 Å². The van der Waals surface area contributed by atoms with E-state index in [1.54, 1.807) is 0 Å². The lowest BCUT2D eigenvalue weighted by atomic mass is 9.45. The van der Waals surface area contributed by atoms with Gasteiger partial charge < -0.3 is 5.32 Å². The summed E-state index contributed by atoms with van der Waals surface area (Å²) in [6.07, 6.45) is 11.1. The van der Waals surface area contributed by atoms with E-state index in [-0.39, 0.29) is 5.41 Å². The van der Waals surface area contributed by atoms with Crippen LogP contribution in [0.4, 0.5) is 0 Å². The molecule has 0 aromatic rings. The van der Waals surface area contributed by atoms with E-state index in [1.807, 2.05) is 13.1 Å². The number of allylic oxidation sites excluding steroid dienone is 2. The van der Waals surface area contributed by atoms with Crippen molar-refractivity contribution in [2.45, 2.75) is 58.4 Å². The van der Waals surface area contributed by atoms with E-state index in [0.717, 1.165) is 18.8 Å². The molecule has 4 aliphatic rings. The average Bonchev–Trinajstić information content (AvgIpc) is 2.91. The molecule has 0 spiro atoms. The summed E-state index contributed by atoms with van der Waals surface area (Å²) in [6, 6.07) is 0.549. The van der Waals surface area contributed by atoms with E-state index >= 15 is 0 Å². The Morgan fingerprint density at radius 1 is 1.25 bits per heavy atom. The van der Waals surface area contributed by atoms with Gasteiger partial charge in [-0.1, -0.05) is 19.9 Å². The maximum Gasteiger partial charge on any atom is 0.155 e. The van der Waals surface area contributed by atoms with Crippen LogP contribution in [0.15, 0.2) is 17.1 Å². The molecule has 3 saturated carbocycles. The smallest absolute Gasteiger partial charge is 0.155 e. The summed E-state index contributed by atoms with van der Waals surface area (Å²) in [5, 5.41) is 3.66. The van der Waals surface area contributed by atoms with Gasteiger partial charge in [0.2, 0.25) is 0 Å². The third-order valence-electron chi connectivity index (χ3n) is 8.47. The van der Waals surface area contributed by atoms with Gasteiger partial charge in [0.15, 0.2) is 5.78 Å². The van der Waals surface area contributed by atoms with Gasteiger partial charge in [0.25, 0.3) is 0 Å². The zero-order valence-corrected chi connectivity index (χ0v) is 15.6. The molecule has 1 N–H and O–H groups in total. The summed E-state index contributed by atoms with van der Waals surface area (Å²) >= 11 is 0. The molecule has 0 heterocycles. The van der Waals surface area contributed by atoms with Crippen LogP contribution in [-0.2, 0) is 4.79 Å². The van der Waals surface area contributed by atoms with Crippen molar-refractivity contribution in [3.63, 3.8) is 0 Å². The number of carbonyl (C=O) groups excluding carboxylic acids is 1. The fourth-order valence-corrected chi connectivity index (χ4v) is 7.12. The predicted molar refractivity (Wildman–Crippen MR) is 98.2 cm³/mol. The number of nitrogens with one attached hydrogen (secondary N) is 1. The minimum atomic E-state index is 0.208. The van der Waals surface area contributed by atoms with Gasteiger partial charge in [-0.15, -0.1) is 0 Å². The first-order valence-electron chi connectivity index (χ1n) is 9.79. The van der Waals surface area contributed by atoms with Gasteiger partial charge in [-0.05, 0) is 74.3 Å². The Morgan fingerprint density at radius 2 is 2.04 bits per heavy atom. The average molecular weight is 329 g/mol. The topological polar surface area (TPSA) is 41.5 Å². The van der Waals surface area contributed by atoms with Crippen molar-refractivity contribution >= 4 is 11.5 Å². The highest BCUT2D eigenvalue weighted by Crippen LogP contribution is 2.64. The van der Waals surface area contributed by atoms with E-state index in [1.165, 1.54) is 31.4 Å². The first-order chi connectivity index (χ1) is 11.4. The summed E-state index contributed by atoms with van der Waals surface area (Å²) < 4.78 is 0. The van der Waals surface area contributed by atoms with Crippen molar-refractivity contribution in [2.75, 3.05) is 14.1 Å². The van der Waals surface area contributed by atoms with E-state index < -0.39 is 0 Å². The van der Waals surface area contributed by atoms with E-state index in [4.69, 9.17) is 0 Å².